The summed E-state index contributed by atoms with van der Waals surface area (Å²) in [6.45, 7) is 5.20. The molecule has 0 bridgehead atoms. The Morgan fingerprint density at radius 3 is 2.50 bits per heavy atom. The Kier molecular flexibility index (Phi) is 9.30. The van der Waals surface area contributed by atoms with E-state index >= 15 is 0 Å². The number of nitrogens with zero attached hydrogens (tertiary/aromatic N) is 3. The molecule has 2 aliphatic rings. The van der Waals surface area contributed by atoms with E-state index in [0.717, 1.165) is 61.9 Å². The number of carbonyl (C=O) groups excluding carboxylic acids is 2. The number of unbranched alkanes of at least 4 members (excludes halogenated alkanes) is 1. The van der Waals surface area contributed by atoms with E-state index in [1.807, 2.05) is 30.0 Å². The minimum atomic E-state index is -4.14. The molecule has 9 nitrogen and oxygen atoms in total. The van der Waals surface area contributed by atoms with E-state index in [1.54, 1.807) is 18.2 Å². The molecule has 1 aliphatic carbocycles. The molecule has 1 aliphatic heterocycles. The summed E-state index contributed by atoms with van der Waals surface area (Å²) in [7, 11) is -1.18. The van der Waals surface area contributed by atoms with Crippen molar-refractivity contribution in [3.8, 4) is 11.1 Å². The van der Waals surface area contributed by atoms with Gasteiger partial charge in [0.15, 0.2) is 0 Å². The second-order valence-corrected chi connectivity index (χ2v) is 12.3. The van der Waals surface area contributed by atoms with Gasteiger partial charge < -0.3 is 9.64 Å². The van der Waals surface area contributed by atoms with Crippen LogP contribution in [0.5, 0.6) is 0 Å². The summed E-state index contributed by atoms with van der Waals surface area (Å²) in [5.74, 6) is 0.969. The molecular weight excluding hydrogens is 528 g/mol. The van der Waals surface area contributed by atoms with Crippen molar-refractivity contribution in [1.82, 2.24) is 14.5 Å². The Morgan fingerprint density at radius 2 is 1.82 bits per heavy atom. The standard InChI is InChI=1S/C30H40N4O5S/c1-5-7-14-27-31-30(17-10-11-18-30)28(35)34(27)20-22-15-16-24(23(19-22)21-39-6-2)25-12-8-9-13-26(25)40(37,38)32-29(36)33(3)4/h8-9,12-13,15-16,19H,5-7,10-11,14,17-18,20-21H2,1-4H3,(H,32,36). The maximum absolute atomic E-state index is 13.6. The molecule has 0 saturated heterocycles. The maximum Gasteiger partial charge on any atom is 0.330 e. The molecule has 1 saturated carbocycles. The lowest BCUT2D eigenvalue weighted by atomic mass is 9.96. The first-order chi connectivity index (χ1) is 19.1. The molecule has 10 heteroatoms. The fourth-order valence-corrected chi connectivity index (χ4v) is 6.65. The van der Waals surface area contributed by atoms with Crippen molar-refractivity contribution in [2.75, 3.05) is 20.7 Å². The second-order valence-electron chi connectivity index (χ2n) is 10.7. The Hall–Kier alpha value is -3.24. The molecule has 2 aromatic carbocycles. The van der Waals surface area contributed by atoms with Crippen molar-refractivity contribution < 1.29 is 22.7 Å². The number of urea groups is 1. The molecule has 4 rings (SSSR count). The zero-order chi connectivity index (χ0) is 28.9. The number of nitrogens with one attached hydrogen (secondary N) is 1. The molecule has 3 amide bonds. The fourth-order valence-electron chi connectivity index (χ4n) is 5.40. The molecule has 2 aromatic rings. The topological polar surface area (TPSA) is 108 Å². The molecule has 0 atom stereocenters. The minimum Gasteiger partial charge on any atom is -0.377 e. The first-order valence-electron chi connectivity index (χ1n) is 14.1. The maximum atomic E-state index is 13.6. The summed E-state index contributed by atoms with van der Waals surface area (Å²) < 4.78 is 34.3. The molecule has 216 valence electrons. The van der Waals surface area contributed by atoms with Gasteiger partial charge in [-0.3, -0.25) is 14.7 Å². The van der Waals surface area contributed by atoms with Crippen LogP contribution in [0, 0.1) is 0 Å². The van der Waals surface area contributed by atoms with Crippen LogP contribution < -0.4 is 4.72 Å². The van der Waals surface area contributed by atoms with Crippen LogP contribution in [0.2, 0.25) is 0 Å². The summed E-state index contributed by atoms with van der Waals surface area (Å²) in [4.78, 5) is 33.8. The molecule has 1 N–H and O–H groups in total. The second kappa shape index (κ2) is 12.5. The average Bonchev–Trinajstić information content (AvgIpc) is 3.51. The number of benzene rings is 2. The summed E-state index contributed by atoms with van der Waals surface area (Å²) in [6, 6.07) is 11.7. The normalized spacial score (nSPS) is 16.4. The highest BCUT2D eigenvalue weighted by Crippen LogP contribution is 2.40. The number of amidine groups is 1. The highest BCUT2D eigenvalue weighted by atomic mass is 32.2. The third kappa shape index (κ3) is 6.23. The van der Waals surface area contributed by atoms with Crippen LogP contribution in [0.25, 0.3) is 11.1 Å². The van der Waals surface area contributed by atoms with Gasteiger partial charge in [0.05, 0.1) is 18.0 Å². The van der Waals surface area contributed by atoms with E-state index in [2.05, 4.69) is 11.6 Å². The van der Waals surface area contributed by atoms with Gasteiger partial charge >= 0.3 is 6.03 Å². The zero-order valence-corrected chi connectivity index (χ0v) is 24.7. The minimum absolute atomic E-state index is 0.00239. The Labute approximate surface area is 237 Å². The van der Waals surface area contributed by atoms with Crippen LogP contribution >= 0.6 is 0 Å². The SMILES string of the molecule is CCCCC1=NC2(CCCC2)C(=O)N1Cc1ccc(-c2ccccc2S(=O)(=O)NC(=O)N(C)C)c(COCC)c1. The van der Waals surface area contributed by atoms with Crippen LogP contribution in [0.1, 0.15) is 69.9 Å². The lowest BCUT2D eigenvalue weighted by Crippen LogP contribution is -2.40. The number of sulfonamides is 1. The highest BCUT2D eigenvalue weighted by molar-refractivity contribution is 7.90. The molecule has 40 heavy (non-hydrogen) atoms. The van der Waals surface area contributed by atoms with Gasteiger partial charge in [-0.2, -0.15) is 0 Å². The summed E-state index contributed by atoms with van der Waals surface area (Å²) >= 11 is 0. The van der Waals surface area contributed by atoms with E-state index in [9.17, 15) is 18.0 Å². The van der Waals surface area contributed by atoms with Gasteiger partial charge in [0.25, 0.3) is 15.9 Å². The van der Waals surface area contributed by atoms with Crippen molar-refractivity contribution in [2.24, 2.45) is 4.99 Å². The monoisotopic (exact) mass is 568 g/mol. The molecule has 0 aromatic heterocycles. The average molecular weight is 569 g/mol. The number of hydrogen-bond acceptors (Lipinski definition) is 6. The smallest absolute Gasteiger partial charge is 0.330 e. The van der Waals surface area contributed by atoms with Gasteiger partial charge in [0.2, 0.25) is 0 Å². The van der Waals surface area contributed by atoms with Crippen molar-refractivity contribution in [2.45, 2.75) is 82.4 Å². The van der Waals surface area contributed by atoms with Crippen molar-refractivity contribution in [3.05, 3.63) is 53.6 Å². The lowest BCUT2D eigenvalue weighted by Gasteiger charge is -2.23. The van der Waals surface area contributed by atoms with E-state index < -0.39 is 21.6 Å². The van der Waals surface area contributed by atoms with Gasteiger partial charge in [-0.15, -0.1) is 0 Å². The van der Waals surface area contributed by atoms with E-state index in [0.29, 0.717) is 24.3 Å². The summed E-state index contributed by atoms with van der Waals surface area (Å²) in [5.41, 5.74) is 2.29. The third-order valence-corrected chi connectivity index (χ3v) is 8.93. The molecule has 1 spiro atoms. The Balaban J connectivity index is 1.69. The summed E-state index contributed by atoms with van der Waals surface area (Å²) in [6.07, 6.45) is 6.44. The molecule has 0 radical (unpaired) electrons. The lowest BCUT2D eigenvalue weighted by molar-refractivity contribution is -0.131. The number of amides is 3. The fraction of sp³-hybridized carbons (Fsp3) is 0.500. The molecular formula is C30H40N4O5S. The van der Waals surface area contributed by atoms with Gasteiger partial charge in [-0.1, -0.05) is 62.6 Å². The number of aliphatic imine (C=N–C) groups is 1. The quantitative estimate of drug-likeness (QED) is 0.406. The van der Waals surface area contributed by atoms with Gasteiger partial charge in [0, 0.05) is 32.7 Å². The predicted molar refractivity (Wildman–Crippen MR) is 155 cm³/mol. The van der Waals surface area contributed by atoms with E-state index in [-0.39, 0.29) is 17.4 Å². The van der Waals surface area contributed by atoms with Gasteiger partial charge in [0.1, 0.15) is 11.4 Å². The Bertz CT molecular complexity index is 1380. The summed E-state index contributed by atoms with van der Waals surface area (Å²) in [5, 5.41) is 0. The zero-order valence-electron chi connectivity index (χ0n) is 23.9. The predicted octanol–water partition coefficient (Wildman–Crippen LogP) is 5.09. The van der Waals surface area contributed by atoms with Crippen LogP contribution in [0.15, 0.2) is 52.4 Å². The van der Waals surface area contributed by atoms with Crippen molar-refractivity contribution in [3.63, 3.8) is 0 Å². The van der Waals surface area contributed by atoms with E-state index in [1.165, 1.54) is 25.1 Å². The number of carbonyl (C=O) groups is 2. The number of rotatable bonds is 11. The molecule has 0 unspecified atom stereocenters. The largest absolute Gasteiger partial charge is 0.377 e. The van der Waals surface area contributed by atoms with Crippen molar-refractivity contribution in [1.29, 1.82) is 0 Å². The van der Waals surface area contributed by atoms with Gasteiger partial charge in [-0.25, -0.2) is 17.9 Å². The molecule has 1 heterocycles. The Morgan fingerprint density at radius 1 is 1.10 bits per heavy atom. The molecule has 1 fully saturated rings. The van der Waals surface area contributed by atoms with Crippen LogP contribution in [-0.2, 0) is 32.7 Å². The van der Waals surface area contributed by atoms with Crippen LogP contribution in [-0.4, -0.2) is 62.2 Å². The van der Waals surface area contributed by atoms with Crippen LogP contribution in [0.4, 0.5) is 4.79 Å². The first kappa shape index (κ1) is 29.7. The van der Waals surface area contributed by atoms with Gasteiger partial charge in [-0.05, 0) is 48.9 Å². The first-order valence-corrected chi connectivity index (χ1v) is 15.5. The van der Waals surface area contributed by atoms with Crippen molar-refractivity contribution >= 4 is 27.8 Å². The number of hydrogen-bond donors (Lipinski definition) is 1. The van der Waals surface area contributed by atoms with Crippen LogP contribution in [0.3, 0.4) is 0 Å². The highest BCUT2D eigenvalue weighted by Gasteiger charge is 2.49. The number of ether oxygens (including phenoxy) is 1. The van der Waals surface area contributed by atoms with E-state index in [4.69, 9.17) is 9.73 Å². The third-order valence-electron chi connectivity index (χ3n) is 7.55.